The molecule has 0 saturated carbocycles. The van der Waals surface area contributed by atoms with Gasteiger partial charge in [-0.25, -0.2) is 0 Å². The summed E-state index contributed by atoms with van der Waals surface area (Å²) in [6, 6.07) is 7.00. The molecule has 0 spiro atoms. The van der Waals surface area contributed by atoms with Crippen molar-refractivity contribution in [2.24, 2.45) is 0 Å². The third-order valence-electron chi connectivity index (χ3n) is 2.81. The van der Waals surface area contributed by atoms with E-state index in [1.807, 2.05) is 0 Å². The van der Waals surface area contributed by atoms with Crippen LogP contribution in [0, 0.1) is 0 Å². The zero-order valence-electron chi connectivity index (χ0n) is 17.8. The number of rotatable bonds is 6. The van der Waals surface area contributed by atoms with Crippen LogP contribution in [0.2, 0.25) is 0 Å². The molecule has 0 aliphatic heterocycles. The second kappa shape index (κ2) is 6.59. The van der Waals surface area contributed by atoms with Gasteiger partial charge >= 0.3 is 0 Å². The summed E-state index contributed by atoms with van der Waals surface area (Å²) in [5, 5.41) is 23.2. The van der Waals surface area contributed by atoms with Crippen molar-refractivity contribution in [3.8, 4) is 11.5 Å². The van der Waals surface area contributed by atoms with Crippen LogP contribution in [0.15, 0.2) is 36.4 Å². The molecular formula is C16H21NO3. The highest BCUT2D eigenvalue weighted by molar-refractivity contribution is 5.92. The molecule has 0 aliphatic carbocycles. The van der Waals surface area contributed by atoms with Gasteiger partial charge in [-0.3, -0.25) is 0 Å². The van der Waals surface area contributed by atoms with Gasteiger partial charge in [-0.05, 0) is 12.1 Å². The molecule has 1 unspecified atom stereocenters. The highest BCUT2D eigenvalue weighted by Crippen LogP contribution is 2.32. The fourth-order valence-electron chi connectivity index (χ4n) is 1.85. The largest absolute Gasteiger partial charge is 0.507 e. The Labute approximate surface area is 128 Å². The molecule has 0 aromatic heterocycles. The molecule has 0 amide bonds. The van der Waals surface area contributed by atoms with Gasteiger partial charge in [-0.2, -0.15) is 0 Å². The number of phenolic OH excluding ortho intramolecular Hbond substituents is 1. The number of nitrogens with one attached hydrogen (secondary N) is 1. The maximum atomic E-state index is 10.0. The van der Waals surface area contributed by atoms with Gasteiger partial charge in [0.15, 0.2) is 0 Å². The summed E-state index contributed by atoms with van der Waals surface area (Å²) in [7, 11) is 0. The minimum Gasteiger partial charge on any atom is -0.507 e. The monoisotopic (exact) mass is 282 g/mol. The molecule has 2 aromatic rings. The van der Waals surface area contributed by atoms with Gasteiger partial charge in [0, 0.05) is 32.9 Å². The molecule has 0 radical (unpaired) electrons. The number of aliphatic hydroxyl groups excluding tert-OH is 1. The molecule has 20 heavy (non-hydrogen) atoms. The maximum absolute atomic E-state index is 10.0. The van der Waals surface area contributed by atoms with E-state index in [1.54, 1.807) is 24.3 Å². The lowest BCUT2D eigenvalue weighted by Crippen LogP contribution is -2.35. The molecule has 1 atom stereocenters. The van der Waals surface area contributed by atoms with Crippen molar-refractivity contribution in [3.63, 3.8) is 0 Å². The molecule has 4 nitrogen and oxygen atoms in total. The molecule has 0 bridgehead atoms. The highest BCUT2D eigenvalue weighted by Gasteiger charge is 2.09. The Morgan fingerprint density at radius 2 is 2.00 bits per heavy atom. The van der Waals surface area contributed by atoms with Crippen LogP contribution in [0.1, 0.15) is 23.3 Å². The van der Waals surface area contributed by atoms with Gasteiger partial charge in [0.1, 0.15) is 24.2 Å². The number of ether oxygens (including phenoxy) is 1. The van der Waals surface area contributed by atoms with E-state index in [0.717, 1.165) is 0 Å². The molecule has 0 saturated heterocycles. The topological polar surface area (TPSA) is 61.7 Å². The zero-order chi connectivity index (χ0) is 20.5. The maximum Gasteiger partial charge on any atom is 0.127 e. The molecule has 108 valence electrons. The number of aromatic hydroxyl groups is 1. The molecule has 4 heteroatoms. The summed E-state index contributed by atoms with van der Waals surface area (Å²) < 4.78 is 57.3. The van der Waals surface area contributed by atoms with Gasteiger partial charge in [-0.15, -0.1) is 0 Å². The van der Waals surface area contributed by atoms with E-state index in [-0.39, 0.29) is 12.4 Å². The third kappa shape index (κ3) is 3.62. The number of hydrogen-bond acceptors (Lipinski definition) is 4. The molecule has 0 heterocycles. The predicted octanol–water partition coefficient (Wildman–Crippen LogP) is 2.28. The Bertz CT molecular complexity index is 778. The first-order valence-electron chi connectivity index (χ1n) is 9.63. The van der Waals surface area contributed by atoms with Gasteiger partial charge < -0.3 is 20.3 Å². The van der Waals surface area contributed by atoms with E-state index in [4.69, 9.17) is 14.3 Å². The van der Waals surface area contributed by atoms with Gasteiger partial charge in [-0.1, -0.05) is 38.0 Å². The van der Waals surface area contributed by atoms with Crippen LogP contribution in [-0.2, 0) is 0 Å². The summed E-state index contributed by atoms with van der Waals surface area (Å²) in [5.74, 6) is 0.473. The number of aliphatic hydroxyl groups is 1. The SMILES string of the molecule is [2H]C([2H])([2H])C([2H])(NCC(O)COc1ccc(O)c2ccccc12)C([2H])([2H])[2H]. The van der Waals surface area contributed by atoms with Crippen LogP contribution in [0.5, 0.6) is 11.5 Å². The van der Waals surface area contributed by atoms with Crippen molar-refractivity contribution in [1.29, 1.82) is 0 Å². The number of phenols is 1. The number of hydrogen-bond donors (Lipinski definition) is 3. The average Bonchev–Trinajstić information content (AvgIpc) is 2.57. The predicted molar refractivity (Wildman–Crippen MR) is 80.3 cm³/mol. The Morgan fingerprint density at radius 1 is 1.25 bits per heavy atom. The van der Waals surface area contributed by atoms with Crippen molar-refractivity contribution in [2.75, 3.05) is 13.2 Å². The van der Waals surface area contributed by atoms with E-state index >= 15 is 0 Å². The summed E-state index contributed by atoms with van der Waals surface area (Å²) >= 11 is 0. The minimum absolute atomic E-state index is 0.0782. The smallest absolute Gasteiger partial charge is 0.127 e. The minimum atomic E-state index is -3.12. The van der Waals surface area contributed by atoms with E-state index in [9.17, 15) is 10.2 Å². The summed E-state index contributed by atoms with van der Waals surface area (Å²) in [6.45, 7) is -6.96. The summed E-state index contributed by atoms with van der Waals surface area (Å²) in [6.07, 6.45) is -1.26. The summed E-state index contributed by atoms with van der Waals surface area (Å²) in [4.78, 5) is 0. The van der Waals surface area contributed by atoms with Crippen molar-refractivity contribution in [2.45, 2.75) is 25.8 Å². The van der Waals surface area contributed by atoms with Crippen molar-refractivity contribution in [3.05, 3.63) is 36.4 Å². The van der Waals surface area contributed by atoms with Crippen LogP contribution < -0.4 is 10.1 Å². The Morgan fingerprint density at radius 3 is 2.75 bits per heavy atom. The molecule has 2 aromatic carbocycles. The van der Waals surface area contributed by atoms with Gasteiger partial charge in [0.2, 0.25) is 0 Å². The number of fused-ring (bicyclic) bond motifs is 1. The van der Waals surface area contributed by atoms with E-state index < -0.39 is 32.4 Å². The van der Waals surface area contributed by atoms with Crippen LogP contribution in [-0.4, -0.2) is 35.5 Å². The van der Waals surface area contributed by atoms with Gasteiger partial charge in [0.25, 0.3) is 0 Å². The van der Waals surface area contributed by atoms with Crippen LogP contribution in [0.4, 0.5) is 0 Å². The quantitative estimate of drug-likeness (QED) is 0.760. The normalized spacial score (nSPS) is 19.8. The molecule has 0 aliphatic rings. The standard InChI is InChI=1S/C16H21NO3/c1-11(2)17-9-12(18)10-20-16-8-7-15(19)13-5-3-4-6-14(13)16/h3-8,11-12,17-19H,9-10H2,1-2H3/i1D3,2D3,11D. The van der Waals surface area contributed by atoms with E-state index in [1.165, 1.54) is 12.1 Å². The van der Waals surface area contributed by atoms with Crippen LogP contribution in [0.25, 0.3) is 10.8 Å². The third-order valence-corrected chi connectivity index (χ3v) is 2.81. The second-order valence-corrected chi connectivity index (χ2v) is 4.35. The molecule has 3 N–H and O–H groups in total. The average molecular weight is 282 g/mol. The first-order valence-corrected chi connectivity index (χ1v) is 6.13. The fourth-order valence-corrected chi connectivity index (χ4v) is 1.85. The Hall–Kier alpha value is -1.78. The first-order chi connectivity index (χ1) is 12.4. The van der Waals surface area contributed by atoms with Crippen LogP contribution >= 0.6 is 0 Å². The lowest BCUT2D eigenvalue weighted by atomic mass is 10.1. The van der Waals surface area contributed by atoms with Crippen molar-refractivity contribution < 1.29 is 24.5 Å². The number of benzene rings is 2. The Kier molecular flexibility index (Phi) is 2.59. The van der Waals surface area contributed by atoms with Crippen molar-refractivity contribution >= 4 is 10.8 Å². The highest BCUT2D eigenvalue weighted by atomic mass is 16.5. The van der Waals surface area contributed by atoms with E-state index in [0.29, 0.717) is 16.5 Å². The van der Waals surface area contributed by atoms with Crippen molar-refractivity contribution in [1.82, 2.24) is 5.32 Å². The van der Waals surface area contributed by atoms with E-state index in [2.05, 4.69) is 5.32 Å². The van der Waals surface area contributed by atoms with Gasteiger partial charge in [0.05, 0.1) is 0 Å². The second-order valence-electron chi connectivity index (χ2n) is 4.35. The zero-order valence-corrected chi connectivity index (χ0v) is 10.8. The lowest BCUT2D eigenvalue weighted by molar-refractivity contribution is 0.105. The Balaban J connectivity index is 2.05. The molecule has 2 rings (SSSR count). The summed E-state index contributed by atoms with van der Waals surface area (Å²) in [5.41, 5.74) is 0. The lowest BCUT2D eigenvalue weighted by Gasteiger charge is -2.16. The molecular weight excluding hydrogens is 254 g/mol. The fraction of sp³-hybridized carbons (Fsp3) is 0.375. The first kappa shape index (κ1) is 7.86. The molecule has 0 fully saturated rings. The van der Waals surface area contributed by atoms with Crippen LogP contribution in [0.3, 0.4) is 0 Å².